The molecule has 6 nitrogen and oxygen atoms in total. The minimum atomic E-state index is 0.101. The van der Waals surface area contributed by atoms with E-state index in [0.717, 1.165) is 75.7 Å². The summed E-state index contributed by atoms with van der Waals surface area (Å²) in [5, 5.41) is 0.785. The Morgan fingerprint density at radius 1 is 0.946 bits per heavy atom. The van der Waals surface area contributed by atoms with E-state index in [-0.39, 0.29) is 11.9 Å². The third kappa shape index (κ3) is 6.82. The second kappa shape index (κ2) is 12.4. The first kappa shape index (κ1) is 25.6. The van der Waals surface area contributed by atoms with Gasteiger partial charge in [-0.15, -0.1) is 0 Å². The van der Waals surface area contributed by atoms with E-state index in [9.17, 15) is 4.79 Å². The zero-order valence-electron chi connectivity index (χ0n) is 21.3. The van der Waals surface area contributed by atoms with Crippen molar-refractivity contribution in [2.24, 2.45) is 0 Å². The topological polar surface area (TPSA) is 48.9 Å². The molecular weight excluding hydrogens is 484 g/mol. The highest BCUT2D eigenvalue weighted by Gasteiger charge is 2.27. The Morgan fingerprint density at radius 2 is 1.76 bits per heavy atom. The van der Waals surface area contributed by atoms with Gasteiger partial charge in [-0.05, 0) is 67.3 Å². The molecule has 2 aliphatic heterocycles. The minimum absolute atomic E-state index is 0.101. The van der Waals surface area contributed by atoms with Gasteiger partial charge in [0.2, 0.25) is 0 Å². The minimum Gasteiger partial charge on any atom is -0.494 e. The van der Waals surface area contributed by atoms with E-state index in [1.807, 2.05) is 29.2 Å². The normalized spacial score (nSPS) is 18.6. The van der Waals surface area contributed by atoms with Crippen LogP contribution in [0.4, 0.5) is 5.69 Å². The van der Waals surface area contributed by atoms with E-state index in [2.05, 4.69) is 39.0 Å². The van der Waals surface area contributed by atoms with Crippen LogP contribution in [0.15, 0.2) is 73.1 Å². The molecule has 0 radical (unpaired) electrons. The fraction of sp³-hybridized carbons (Fsp3) is 0.400. The first-order valence-electron chi connectivity index (χ1n) is 13.3. The Balaban J connectivity index is 1.10. The molecule has 3 aromatic rings. The van der Waals surface area contributed by atoms with Gasteiger partial charge in [0, 0.05) is 80.4 Å². The quantitative estimate of drug-likeness (QED) is 0.393. The molecule has 0 bridgehead atoms. The monoisotopic (exact) mass is 518 g/mol. The summed E-state index contributed by atoms with van der Waals surface area (Å²) in [6.45, 7) is 6.34. The van der Waals surface area contributed by atoms with Crippen LogP contribution in [0.1, 0.15) is 41.6 Å². The fourth-order valence-corrected chi connectivity index (χ4v) is 5.55. The molecule has 2 fully saturated rings. The maximum Gasteiger partial charge on any atom is 0.254 e. The van der Waals surface area contributed by atoms with Gasteiger partial charge >= 0.3 is 0 Å². The van der Waals surface area contributed by atoms with E-state index in [0.29, 0.717) is 12.2 Å². The number of hydrogen-bond donors (Lipinski definition) is 0. The lowest BCUT2D eigenvalue weighted by atomic mass is 9.98. The van der Waals surface area contributed by atoms with Crippen molar-refractivity contribution in [2.75, 3.05) is 44.2 Å². The number of amides is 1. The number of likely N-dealkylation sites (tertiary alicyclic amines) is 1. The lowest BCUT2D eigenvalue weighted by Gasteiger charge is -2.36. The third-order valence-electron chi connectivity index (χ3n) is 7.39. The average Bonchev–Trinajstić information content (AvgIpc) is 2.94. The Morgan fingerprint density at radius 3 is 2.57 bits per heavy atom. The summed E-state index contributed by atoms with van der Waals surface area (Å²) >= 11 is 6.17. The number of hydrogen-bond acceptors (Lipinski definition) is 5. The number of nitrogens with zero attached hydrogens (tertiary/aromatic N) is 4. The fourth-order valence-electron chi connectivity index (χ4n) is 5.37. The van der Waals surface area contributed by atoms with Crippen molar-refractivity contribution < 1.29 is 9.53 Å². The molecule has 0 saturated carbocycles. The van der Waals surface area contributed by atoms with Crippen molar-refractivity contribution in [2.45, 2.75) is 38.3 Å². The van der Waals surface area contributed by atoms with Crippen LogP contribution in [0, 0.1) is 0 Å². The number of carbonyl (C=O) groups is 1. The summed E-state index contributed by atoms with van der Waals surface area (Å²) in [5.41, 5.74) is 3.17. The zero-order chi connectivity index (χ0) is 25.5. The zero-order valence-corrected chi connectivity index (χ0v) is 22.0. The van der Waals surface area contributed by atoms with Gasteiger partial charge in [-0.2, -0.15) is 0 Å². The largest absolute Gasteiger partial charge is 0.494 e. The van der Waals surface area contributed by atoms with Gasteiger partial charge in [0.25, 0.3) is 5.91 Å². The van der Waals surface area contributed by atoms with Crippen LogP contribution >= 0.6 is 11.6 Å². The highest BCUT2D eigenvalue weighted by molar-refractivity contribution is 6.30. The lowest BCUT2D eigenvalue weighted by Crippen LogP contribution is -2.45. The van der Waals surface area contributed by atoms with Gasteiger partial charge in [0.15, 0.2) is 0 Å². The molecule has 5 rings (SSSR count). The smallest absolute Gasteiger partial charge is 0.254 e. The molecule has 1 atom stereocenters. The van der Waals surface area contributed by atoms with Gasteiger partial charge in [-0.3, -0.25) is 14.7 Å². The number of carbonyl (C=O) groups excluding carboxylic acids is 1. The first-order valence-corrected chi connectivity index (χ1v) is 13.7. The van der Waals surface area contributed by atoms with Crippen LogP contribution in [-0.2, 0) is 6.54 Å². The van der Waals surface area contributed by atoms with Crippen LogP contribution in [-0.4, -0.2) is 66.1 Å². The number of rotatable bonds is 8. The molecule has 0 spiro atoms. The lowest BCUT2D eigenvalue weighted by molar-refractivity contribution is 0.0580. The molecular formula is C30H35ClN4O2. The Kier molecular flexibility index (Phi) is 8.59. The van der Waals surface area contributed by atoms with Crippen LogP contribution in [0.2, 0.25) is 5.02 Å². The molecule has 0 N–H and O–H groups in total. The number of pyridine rings is 1. The average molecular weight is 519 g/mol. The standard InChI is InChI=1S/C30H35ClN4O2/c31-26-6-4-8-28(22-26)34-18-16-33(17-19-34)23-24-5-3-9-29(21-24)37-20-12-27-7-1-2-15-35(27)30(36)25-10-13-32-14-11-25/h3-6,8-11,13-14,21-22,27H,1-2,7,12,15-20,23H2/t27-/m0/s1. The number of ether oxygens (including phenoxy) is 1. The van der Waals surface area contributed by atoms with Gasteiger partial charge in [0.05, 0.1) is 6.61 Å². The summed E-state index contributed by atoms with van der Waals surface area (Å²) in [4.78, 5) is 24.0. The van der Waals surface area contributed by atoms with Crippen molar-refractivity contribution in [3.63, 3.8) is 0 Å². The summed E-state index contributed by atoms with van der Waals surface area (Å²) in [7, 11) is 0. The third-order valence-corrected chi connectivity index (χ3v) is 7.62. The number of piperidine rings is 1. The molecule has 1 amide bonds. The molecule has 0 aliphatic carbocycles. The Labute approximate surface area is 224 Å². The van der Waals surface area contributed by atoms with Gasteiger partial charge < -0.3 is 14.5 Å². The summed E-state index contributed by atoms with van der Waals surface area (Å²) in [5.74, 6) is 1.00. The van der Waals surface area contributed by atoms with E-state index >= 15 is 0 Å². The van der Waals surface area contributed by atoms with Crippen molar-refractivity contribution in [3.8, 4) is 5.75 Å². The van der Waals surface area contributed by atoms with Crippen molar-refractivity contribution in [1.82, 2.24) is 14.8 Å². The molecule has 0 unspecified atom stereocenters. The predicted octanol–water partition coefficient (Wildman–Crippen LogP) is 5.52. The van der Waals surface area contributed by atoms with Crippen LogP contribution in [0.5, 0.6) is 5.75 Å². The van der Waals surface area contributed by atoms with E-state index in [1.165, 1.54) is 11.3 Å². The Bertz CT molecular complexity index is 1170. The second-order valence-electron chi connectivity index (χ2n) is 9.91. The number of halogens is 1. The van der Waals surface area contributed by atoms with Crippen molar-refractivity contribution in [1.29, 1.82) is 0 Å². The van der Waals surface area contributed by atoms with Crippen molar-refractivity contribution >= 4 is 23.2 Å². The van der Waals surface area contributed by atoms with Gasteiger partial charge in [0.1, 0.15) is 5.75 Å². The number of piperazine rings is 1. The van der Waals surface area contributed by atoms with E-state index in [1.54, 1.807) is 24.5 Å². The Hall–Kier alpha value is -3.09. The number of aromatic nitrogens is 1. The number of benzene rings is 2. The molecule has 3 heterocycles. The highest BCUT2D eigenvalue weighted by Crippen LogP contribution is 2.24. The molecule has 2 saturated heterocycles. The molecule has 37 heavy (non-hydrogen) atoms. The SMILES string of the molecule is O=C(c1ccncc1)N1CCCC[C@H]1CCOc1cccc(CN2CCN(c3cccc(Cl)c3)CC2)c1. The van der Waals surface area contributed by atoms with Crippen LogP contribution < -0.4 is 9.64 Å². The van der Waals surface area contributed by atoms with E-state index < -0.39 is 0 Å². The van der Waals surface area contributed by atoms with Crippen LogP contribution in [0.25, 0.3) is 0 Å². The summed E-state index contributed by atoms with van der Waals surface area (Å²) < 4.78 is 6.17. The van der Waals surface area contributed by atoms with Gasteiger partial charge in [-0.25, -0.2) is 0 Å². The maximum absolute atomic E-state index is 13.0. The van der Waals surface area contributed by atoms with E-state index in [4.69, 9.17) is 16.3 Å². The predicted molar refractivity (Wildman–Crippen MR) is 148 cm³/mol. The van der Waals surface area contributed by atoms with Crippen molar-refractivity contribution in [3.05, 3.63) is 89.2 Å². The number of anilines is 1. The molecule has 194 valence electrons. The second-order valence-corrected chi connectivity index (χ2v) is 10.3. The summed E-state index contributed by atoms with van der Waals surface area (Å²) in [6.07, 6.45) is 7.45. The highest BCUT2D eigenvalue weighted by atomic mass is 35.5. The first-order chi connectivity index (χ1) is 18.2. The molecule has 7 heteroatoms. The van der Waals surface area contributed by atoms with Gasteiger partial charge in [-0.1, -0.05) is 29.8 Å². The summed E-state index contributed by atoms with van der Waals surface area (Å²) in [6, 6.07) is 20.4. The molecule has 2 aliphatic rings. The van der Waals surface area contributed by atoms with Crippen LogP contribution in [0.3, 0.4) is 0 Å². The molecule has 1 aromatic heterocycles. The maximum atomic E-state index is 13.0. The molecule has 2 aromatic carbocycles.